The molecular weight excluding hydrogens is 190 g/mol. The fourth-order valence-corrected chi connectivity index (χ4v) is 1.61. The molecule has 0 saturated carbocycles. The first-order chi connectivity index (χ1) is 6.75. The van der Waals surface area contributed by atoms with Gasteiger partial charge in [0.15, 0.2) is 0 Å². The number of hydrogen-bond donors (Lipinski definition) is 1. The molecule has 15 heavy (non-hydrogen) atoms. The third-order valence-electron chi connectivity index (χ3n) is 2.60. The molecule has 0 aliphatic rings. The fraction of sp³-hybridized carbons (Fsp3) is 0.917. The zero-order valence-electron chi connectivity index (χ0n) is 10.7. The Bertz CT molecular complexity index is 200. The monoisotopic (exact) mass is 215 g/mol. The summed E-state index contributed by atoms with van der Waals surface area (Å²) in [6.07, 6.45) is 1.69. The molecule has 0 radical (unpaired) electrons. The van der Waals surface area contributed by atoms with Crippen molar-refractivity contribution in [3.63, 3.8) is 0 Å². The number of carboxylic acid groups (broad SMARTS) is 1. The lowest BCUT2D eigenvalue weighted by molar-refractivity contribution is -0.147. The predicted molar refractivity (Wildman–Crippen MR) is 63.0 cm³/mol. The van der Waals surface area contributed by atoms with Gasteiger partial charge in [-0.25, -0.2) is 0 Å². The van der Waals surface area contributed by atoms with Crippen LogP contribution in [0.4, 0.5) is 0 Å². The summed E-state index contributed by atoms with van der Waals surface area (Å²) in [5.74, 6) is -0.0310. The number of nitrogens with zero attached hydrogens (tertiary/aromatic N) is 1. The third-order valence-corrected chi connectivity index (χ3v) is 2.60. The van der Waals surface area contributed by atoms with Gasteiger partial charge in [-0.1, -0.05) is 13.8 Å². The Hall–Kier alpha value is -0.570. The van der Waals surface area contributed by atoms with E-state index in [1.807, 2.05) is 0 Å². The Labute approximate surface area is 93.5 Å². The molecule has 0 aromatic rings. The Morgan fingerprint density at radius 2 is 1.93 bits per heavy atom. The van der Waals surface area contributed by atoms with Gasteiger partial charge in [-0.15, -0.1) is 0 Å². The van der Waals surface area contributed by atoms with Crippen LogP contribution in [-0.4, -0.2) is 36.1 Å². The van der Waals surface area contributed by atoms with Crippen LogP contribution in [0.3, 0.4) is 0 Å². The van der Waals surface area contributed by atoms with Crippen LogP contribution < -0.4 is 0 Å². The van der Waals surface area contributed by atoms with E-state index in [1.165, 1.54) is 0 Å². The van der Waals surface area contributed by atoms with E-state index in [9.17, 15) is 4.79 Å². The highest BCUT2D eigenvalue weighted by Crippen LogP contribution is 2.22. The number of hydrogen-bond acceptors (Lipinski definition) is 2. The average molecular weight is 215 g/mol. The number of aliphatic carboxylic acids is 1. The maximum Gasteiger partial charge on any atom is 0.309 e. The summed E-state index contributed by atoms with van der Waals surface area (Å²) in [6, 6.07) is 0. The molecule has 0 unspecified atom stereocenters. The van der Waals surface area contributed by atoms with Gasteiger partial charge in [-0.3, -0.25) is 4.79 Å². The molecule has 0 rings (SSSR count). The van der Waals surface area contributed by atoms with Crippen molar-refractivity contribution < 1.29 is 9.90 Å². The van der Waals surface area contributed by atoms with Gasteiger partial charge in [0.2, 0.25) is 0 Å². The minimum atomic E-state index is -0.700. The van der Waals surface area contributed by atoms with Crippen LogP contribution >= 0.6 is 0 Å². The molecule has 1 N–H and O–H groups in total. The SMILES string of the molecule is CC(C)CN(C)CCCC(C)(C)C(=O)O. The van der Waals surface area contributed by atoms with Gasteiger partial charge in [0, 0.05) is 6.54 Å². The van der Waals surface area contributed by atoms with Crippen LogP contribution in [-0.2, 0) is 4.79 Å². The number of rotatable bonds is 7. The van der Waals surface area contributed by atoms with Crippen molar-refractivity contribution in [2.45, 2.75) is 40.5 Å². The summed E-state index contributed by atoms with van der Waals surface area (Å²) in [4.78, 5) is 13.1. The minimum Gasteiger partial charge on any atom is -0.481 e. The summed E-state index contributed by atoms with van der Waals surface area (Å²) in [5.41, 5.74) is -0.585. The molecule has 90 valence electrons. The van der Waals surface area contributed by atoms with Crippen molar-refractivity contribution >= 4 is 5.97 Å². The van der Waals surface area contributed by atoms with Gasteiger partial charge in [-0.05, 0) is 46.2 Å². The highest BCUT2D eigenvalue weighted by atomic mass is 16.4. The van der Waals surface area contributed by atoms with E-state index in [0.29, 0.717) is 5.92 Å². The maximum atomic E-state index is 10.9. The molecule has 0 spiro atoms. The second-order valence-electron chi connectivity index (χ2n) is 5.45. The lowest BCUT2D eigenvalue weighted by Crippen LogP contribution is -2.28. The summed E-state index contributed by atoms with van der Waals surface area (Å²) < 4.78 is 0. The first-order valence-corrected chi connectivity index (χ1v) is 5.67. The second kappa shape index (κ2) is 6.11. The molecule has 0 amide bonds. The van der Waals surface area contributed by atoms with Crippen molar-refractivity contribution in [1.29, 1.82) is 0 Å². The molecule has 0 aliphatic carbocycles. The van der Waals surface area contributed by atoms with Crippen molar-refractivity contribution in [2.75, 3.05) is 20.1 Å². The van der Waals surface area contributed by atoms with Crippen molar-refractivity contribution in [2.24, 2.45) is 11.3 Å². The first kappa shape index (κ1) is 14.4. The molecule has 3 heteroatoms. The fourth-order valence-electron chi connectivity index (χ4n) is 1.61. The van der Waals surface area contributed by atoms with E-state index < -0.39 is 11.4 Å². The van der Waals surface area contributed by atoms with Crippen LogP contribution in [0.25, 0.3) is 0 Å². The van der Waals surface area contributed by atoms with Crippen LogP contribution in [0.2, 0.25) is 0 Å². The minimum absolute atomic E-state index is 0.585. The van der Waals surface area contributed by atoms with Gasteiger partial charge in [0.25, 0.3) is 0 Å². The lowest BCUT2D eigenvalue weighted by Gasteiger charge is -2.22. The zero-order valence-corrected chi connectivity index (χ0v) is 10.7. The predicted octanol–water partition coefficient (Wildman–Crippen LogP) is 2.47. The van der Waals surface area contributed by atoms with Gasteiger partial charge in [-0.2, -0.15) is 0 Å². The van der Waals surface area contributed by atoms with Crippen molar-refractivity contribution in [1.82, 2.24) is 4.90 Å². The molecular formula is C12H25NO2. The van der Waals surface area contributed by atoms with E-state index in [2.05, 4.69) is 25.8 Å². The molecule has 0 aromatic heterocycles. The summed E-state index contributed by atoms with van der Waals surface area (Å²) >= 11 is 0. The topological polar surface area (TPSA) is 40.5 Å². The van der Waals surface area contributed by atoms with Crippen molar-refractivity contribution in [3.8, 4) is 0 Å². The largest absolute Gasteiger partial charge is 0.481 e. The van der Waals surface area contributed by atoms with Crippen LogP contribution in [0.15, 0.2) is 0 Å². The second-order valence-corrected chi connectivity index (χ2v) is 5.45. The van der Waals surface area contributed by atoms with Gasteiger partial charge < -0.3 is 10.0 Å². The zero-order chi connectivity index (χ0) is 12.1. The Kier molecular flexibility index (Phi) is 5.88. The third kappa shape index (κ3) is 6.50. The Balaban J connectivity index is 3.74. The molecule has 0 aliphatic heterocycles. The van der Waals surface area contributed by atoms with Crippen LogP contribution in [0.1, 0.15) is 40.5 Å². The molecule has 0 atom stereocenters. The number of carbonyl (C=O) groups is 1. The van der Waals surface area contributed by atoms with Crippen LogP contribution in [0.5, 0.6) is 0 Å². The van der Waals surface area contributed by atoms with E-state index in [1.54, 1.807) is 13.8 Å². The van der Waals surface area contributed by atoms with Crippen molar-refractivity contribution in [3.05, 3.63) is 0 Å². The van der Waals surface area contributed by atoms with Crippen LogP contribution in [0, 0.1) is 11.3 Å². The van der Waals surface area contributed by atoms with Gasteiger partial charge >= 0.3 is 5.97 Å². The molecule has 0 saturated heterocycles. The highest BCUT2D eigenvalue weighted by molar-refractivity contribution is 5.73. The quantitative estimate of drug-likeness (QED) is 0.709. The standard InChI is InChI=1S/C12H25NO2/c1-10(2)9-13(5)8-6-7-12(3,4)11(14)15/h10H,6-9H2,1-5H3,(H,14,15). The van der Waals surface area contributed by atoms with E-state index in [4.69, 9.17) is 5.11 Å². The molecule has 0 aromatic carbocycles. The number of carboxylic acids is 1. The smallest absolute Gasteiger partial charge is 0.309 e. The van der Waals surface area contributed by atoms with E-state index in [-0.39, 0.29) is 0 Å². The van der Waals surface area contributed by atoms with E-state index in [0.717, 1.165) is 25.9 Å². The highest BCUT2D eigenvalue weighted by Gasteiger charge is 2.26. The van der Waals surface area contributed by atoms with E-state index >= 15 is 0 Å². The molecule has 0 heterocycles. The molecule has 0 bridgehead atoms. The summed E-state index contributed by atoms with van der Waals surface area (Å²) in [7, 11) is 2.09. The Morgan fingerprint density at radius 3 is 2.33 bits per heavy atom. The molecule has 0 fully saturated rings. The van der Waals surface area contributed by atoms with Gasteiger partial charge in [0.05, 0.1) is 5.41 Å². The summed E-state index contributed by atoms with van der Waals surface area (Å²) in [6.45, 7) is 10.0. The van der Waals surface area contributed by atoms with Gasteiger partial charge in [0.1, 0.15) is 0 Å². The Morgan fingerprint density at radius 1 is 1.40 bits per heavy atom. The first-order valence-electron chi connectivity index (χ1n) is 5.67. The average Bonchev–Trinajstić information content (AvgIpc) is 2.01. The lowest BCUT2D eigenvalue weighted by atomic mass is 9.88. The summed E-state index contributed by atoms with van der Waals surface area (Å²) in [5, 5.41) is 8.94. The molecule has 3 nitrogen and oxygen atoms in total. The maximum absolute atomic E-state index is 10.9. The normalized spacial score (nSPS) is 12.5.